The van der Waals surface area contributed by atoms with Gasteiger partial charge in [-0.05, 0) is 42.9 Å². The lowest BCUT2D eigenvalue weighted by atomic mass is 9.94. The summed E-state index contributed by atoms with van der Waals surface area (Å²) in [6.45, 7) is 2.71. The summed E-state index contributed by atoms with van der Waals surface area (Å²) in [5.74, 6) is 1.67. The highest BCUT2D eigenvalue weighted by molar-refractivity contribution is 5.09. The second kappa shape index (κ2) is 1.97. The lowest BCUT2D eigenvalue weighted by molar-refractivity contribution is 0.235. The summed E-state index contributed by atoms with van der Waals surface area (Å²) in [5.41, 5.74) is 0.620. The lowest BCUT2D eigenvalue weighted by Crippen LogP contribution is -2.07. The summed E-state index contributed by atoms with van der Waals surface area (Å²) in [6, 6.07) is 0. The van der Waals surface area contributed by atoms with Crippen molar-refractivity contribution in [3.63, 3.8) is 0 Å². The van der Waals surface area contributed by atoms with Gasteiger partial charge in [-0.1, -0.05) is 6.92 Å². The van der Waals surface area contributed by atoms with E-state index >= 15 is 0 Å². The molecule has 0 bridgehead atoms. The van der Waals surface area contributed by atoms with E-state index in [0.29, 0.717) is 17.9 Å². The van der Waals surface area contributed by atoms with Crippen LogP contribution < -0.4 is 0 Å². The van der Waals surface area contributed by atoms with Crippen molar-refractivity contribution >= 4 is 0 Å². The Bertz CT molecular complexity index is 140. The summed E-state index contributed by atoms with van der Waals surface area (Å²) in [4.78, 5) is 0. The number of rotatable bonds is 3. The Labute approximate surface area is 62.4 Å². The molecule has 0 saturated heterocycles. The van der Waals surface area contributed by atoms with Crippen LogP contribution in [-0.4, -0.2) is 11.7 Å². The molecule has 0 radical (unpaired) electrons. The van der Waals surface area contributed by atoms with Crippen LogP contribution in [0, 0.1) is 17.3 Å². The van der Waals surface area contributed by atoms with Crippen LogP contribution in [0.25, 0.3) is 0 Å². The molecular formula is C9H16O. The van der Waals surface area contributed by atoms with Crippen LogP contribution in [0.4, 0.5) is 0 Å². The molecule has 0 aromatic carbocycles. The molecule has 0 amide bonds. The third-order valence-corrected chi connectivity index (χ3v) is 3.55. The number of hydrogen-bond acceptors (Lipinski definition) is 1. The molecule has 0 aliphatic heterocycles. The number of aliphatic hydroxyl groups excluding tert-OH is 1. The van der Waals surface area contributed by atoms with Gasteiger partial charge in [0.25, 0.3) is 0 Å². The largest absolute Gasteiger partial charge is 0.396 e. The fourth-order valence-electron chi connectivity index (χ4n) is 2.53. The molecule has 58 valence electrons. The predicted molar refractivity (Wildman–Crippen MR) is 40.6 cm³/mol. The van der Waals surface area contributed by atoms with Crippen LogP contribution in [0.15, 0.2) is 0 Å². The Morgan fingerprint density at radius 2 is 2.20 bits per heavy atom. The second-order valence-electron chi connectivity index (χ2n) is 3.94. The molecule has 0 spiro atoms. The van der Waals surface area contributed by atoms with Crippen molar-refractivity contribution in [2.45, 2.75) is 32.6 Å². The lowest BCUT2D eigenvalue weighted by Gasteiger charge is -2.11. The summed E-state index contributed by atoms with van der Waals surface area (Å²) in [7, 11) is 0. The van der Waals surface area contributed by atoms with Gasteiger partial charge in [0.05, 0.1) is 0 Å². The Morgan fingerprint density at radius 3 is 2.50 bits per heavy atom. The minimum Gasteiger partial charge on any atom is -0.396 e. The highest BCUT2D eigenvalue weighted by atomic mass is 16.3. The van der Waals surface area contributed by atoms with Crippen LogP contribution in [0.1, 0.15) is 32.6 Å². The summed E-state index contributed by atoms with van der Waals surface area (Å²) in [6.07, 6.45) is 5.47. The highest BCUT2D eigenvalue weighted by Crippen LogP contribution is 2.66. The van der Waals surface area contributed by atoms with Gasteiger partial charge in [-0.15, -0.1) is 0 Å². The molecular weight excluding hydrogens is 124 g/mol. The van der Waals surface area contributed by atoms with Gasteiger partial charge >= 0.3 is 0 Å². The van der Waals surface area contributed by atoms with Crippen LogP contribution in [0.2, 0.25) is 0 Å². The molecule has 2 rings (SSSR count). The standard InChI is InChI=1S/C9H16O/c1-2-9(7-3-4-7)5-8(9)6-10/h7-8,10H,2-6H2,1H3. The van der Waals surface area contributed by atoms with E-state index in [2.05, 4.69) is 6.92 Å². The molecule has 1 nitrogen and oxygen atoms in total. The first-order chi connectivity index (χ1) is 4.83. The average molecular weight is 140 g/mol. The SMILES string of the molecule is CCC1(C2CC2)CC1CO. The van der Waals surface area contributed by atoms with Gasteiger partial charge in [-0.2, -0.15) is 0 Å². The van der Waals surface area contributed by atoms with E-state index in [1.165, 1.54) is 25.7 Å². The van der Waals surface area contributed by atoms with Crippen molar-refractivity contribution in [3.8, 4) is 0 Å². The fraction of sp³-hybridized carbons (Fsp3) is 1.00. The van der Waals surface area contributed by atoms with Gasteiger partial charge < -0.3 is 5.11 Å². The molecule has 2 aliphatic rings. The van der Waals surface area contributed by atoms with Crippen LogP contribution in [0.3, 0.4) is 0 Å². The Morgan fingerprint density at radius 1 is 1.50 bits per heavy atom. The second-order valence-corrected chi connectivity index (χ2v) is 3.94. The third-order valence-electron chi connectivity index (χ3n) is 3.55. The minimum atomic E-state index is 0.435. The number of hydrogen-bond donors (Lipinski definition) is 1. The smallest absolute Gasteiger partial charge is 0.0464 e. The Kier molecular flexibility index (Phi) is 1.31. The van der Waals surface area contributed by atoms with Crippen molar-refractivity contribution in [1.29, 1.82) is 0 Å². The highest BCUT2D eigenvalue weighted by Gasteiger charge is 2.59. The molecule has 1 heteroatoms. The first-order valence-corrected chi connectivity index (χ1v) is 4.44. The van der Waals surface area contributed by atoms with E-state index in [1.807, 2.05) is 0 Å². The van der Waals surface area contributed by atoms with Gasteiger partial charge in [-0.3, -0.25) is 0 Å². The Balaban J connectivity index is 1.98. The topological polar surface area (TPSA) is 20.2 Å². The third kappa shape index (κ3) is 0.731. The molecule has 1 N–H and O–H groups in total. The van der Waals surface area contributed by atoms with Gasteiger partial charge in [-0.25, -0.2) is 0 Å². The van der Waals surface area contributed by atoms with Crippen LogP contribution in [-0.2, 0) is 0 Å². The molecule has 2 saturated carbocycles. The molecule has 2 atom stereocenters. The van der Waals surface area contributed by atoms with Gasteiger partial charge in [0, 0.05) is 6.61 Å². The summed E-state index contributed by atoms with van der Waals surface area (Å²) in [5, 5.41) is 8.95. The predicted octanol–water partition coefficient (Wildman–Crippen LogP) is 1.81. The first kappa shape index (κ1) is 6.66. The normalized spacial score (nSPS) is 45.6. The minimum absolute atomic E-state index is 0.435. The van der Waals surface area contributed by atoms with Crippen molar-refractivity contribution < 1.29 is 5.11 Å². The van der Waals surface area contributed by atoms with Gasteiger partial charge in [0.15, 0.2) is 0 Å². The number of aliphatic hydroxyl groups is 1. The molecule has 10 heavy (non-hydrogen) atoms. The molecule has 0 aromatic rings. The molecule has 0 heterocycles. The quantitative estimate of drug-likeness (QED) is 0.633. The maximum atomic E-state index is 8.95. The Hall–Kier alpha value is -0.0400. The zero-order chi connectivity index (χ0) is 7.19. The molecule has 2 aliphatic carbocycles. The van der Waals surface area contributed by atoms with Gasteiger partial charge in [0.1, 0.15) is 0 Å². The van der Waals surface area contributed by atoms with E-state index in [-0.39, 0.29) is 0 Å². The summed E-state index contributed by atoms with van der Waals surface area (Å²) >= 11 is 0. The van der Waals surface area contributed by atoms with E-state index in [1.54, 1.807) is 0 Å². The zero-order valence-corrected chi connectivity index (χ0v) is 6.64. The average Bonchev–Trinajstić information content (AvgIpc) is 2.83. The molecule has 0 aromatic heterocycles. The van der Waals surface area contributed by atoms with Crippen LogP contribution in [0.5, 0.6) is 0 Å². The maximum Gasteiger partial charge on any atom is 0.0464 e. The maximum absolute atomic E-state index is 8.95. The van der Waals surface area contributed by atoms with E-state index < -0.39 is 0 Å². The zero-order valence-electron chi connectivity index (χ0n) is 6.64. The molecule has 2 unspecified atom stereocenters. The van der Waals surface area contributed by atoms with Crippen molar-refractivity contribution in [2.24, 2.45) is 17.3 Å². The van der Waals surface area contributed by atoms with E-state index in [0.717, 1.165) is 5.92 Å². The molecule has 2 fully saturated rings. The van der Waals surface area contributed by atoms with Crippen molar-refractivity contribution in [1.82, 2.24) is 0 Å². The van der Waals surface area contributed by atoms with Gasteiger partial charge in [0.2, 0.25) is 0 Å². The fourth-order valence-corrected chi connectivity index (χ4v) is 2.53. The van der Waals surface area contributed by atoms with Crippen molar-refractivity contribution in [2.75, 3.05) is 6.61 Å². The summed E-state index contributed by atoms with van der Waals surface area (Å²) < 4.78 is 0. The van der Waals surface area contributed by atoms with E-state index in [4.69, 9.17) is 5.11 Å². The van der Waals surface area contributed by atoms with Crippen LogP contribution >= 0.6 is 0 Å². The van der Waals surface area contributed by atoms with Crippen molar-refractivity contribution in [3.05, 3.63) is 0 Å². The first-order valence-electron chi connectivity index (χ1n) is 4.44. The monoisotopic (exact) mass is 140 g/mol. The van der Waals surface area contributed by atoms with E-state index in [9.17, 15) is 0 Å².